The van der Waals surface area contributed by atoms with Gasteiger partial charge in [0.2, 0.25) is 11.8 Å². The third kappa shape index (κ3) is 5.96. The number of carbonyl (C=O) groups excluding carboxylic acids is 3. The number of hydrogen-bond donors (Lipinski definition) is 2. The van der Waals surface area contributed by atoms with Gasteiger partial charge in [0.05, 0.1) is 0 Å². The molecule has 2 heterocycles. The van der Waals surface area contributed by atoms with E-state index in [0.29, 0.717) is 6.42 Å². The summed E-state index contributed by atoms with van der Waals surface area (Å²) >= 11 is 3.50. The highest BCUT2D eigenvalue weighted by molar-refractivity contribution is 9.09. The number of alkyl halides is 1. The van der Waals surface area contributed by atoms with Crippen molar-refractivity contribution in [2.75, 3.05) is 0 Å². The van der Waals surface area contributed by atoms with Crippen molar-refractivity contribution in [3.8, 4) is 0 Å². The fraction of sp³-hybridized carbons (Fsp3) is 0.762. The number of primary amides is 1. The molecule has 29 heavy (non-hydrogen) atoms. The Labute approximate surface area is 181 Å². The van der Waals surface area contributed by atoms with Crippen molar-refractivity contribution in [2.45, 2.75) is 95.3 Å². The summed E-state index contributed by atoms with van der Waals surface area (Å²) in [6.07, 6.45) is 5.30. The molecule has 164 valence electrons. The summed E-state index contributed by atoms with van der Waals surface area (Å²) < 4.78 is 5.58. The number of rotatable bonds is 6. The minimum Gasteiger partial charge on any atom is -0.444 e. The Morgan fingerprint density at radius 1 is 1.24 bits per heavy atom. The first-order valence-corrected chi connectivity index (χ1v) is 11.3. The predicted molar refractivity (Wildman–Crippen MR) is 115 cm³/mol. The summed E-state index contributed by atoms with van der Waals surface area (Å²) in [7, 11) is 0. The Morgan fingerprint density at radius 2 is 1.83 bits per heavy atom. The molecule has 8 heteroatoms. The molecule has 0 aromatic heterocycles. The van der Waals surface area contributed by atoms with Crippen LogP contribution < -0.4 is 11.1 Å². The van der Waals surface area contributed by atoms with Crippen LogP contribution in [0.15, 0.2) is 11.6 Å². The third-order valence-corrected chi connectivity index (χ3v) is 6.32. The lowest BCUT2D eigenvalue weighted by atomic mass is 9.74. The van der Waals surface area contributed by atoms with Crippen LogP contribution in [0.4, 0.5) is 4.79 Å². The zero-order valence-corrected chi connectivity index (χ0v) is 19.6. The maximum absolute atomic E-state index is 13.2. The molecule has 0 aromatic carbocycles. The topological polar surface area (TPSA) is 102 Å². The fourth-order valence-corrected chi connectivity index (χ4v) is 4.74. The van der Waals surface area contributed by atoms with Crippen LogP contribution in [0.5, 0.6) is 0 Å². The average molecular weight is 472 g/mol. The van der Waals surface area contributed by atoms with E-state index < -0.39 is 29.7 Å². The van der Waals surface area contributed by atoms with Gasteiger partial charge in [-0.3, -0.25) is 14.5 Å². The quantitative estimate of drug-likeness (QED) is 0.458. The minimum atomic E-state index is -0.824. The van der Waals surface area contributed by atoms with Gasteiger partial charge in [0.25, 0.3) is 0 Å². The van der Waals surface area contributed by atoms with Gasteiger partial charge in [-0.05, 0) is 72.6 Å². The molecule has 0 unspecified atom stereocenters. The Bertz CT molecular complexity index is 663. The molecule has 3 fully saturated rings. The second-order valence-electron chi connectivity index (χ2n) is 9.05. The number of halogens is 1. The van der Waals surface area contributed by atoms with E-state index in [0.717, 1.165) is 31.3 Å². The Kier molecular flexibility index (Phi) is 7.76. The number of amides is 3. The van der Waals surface area contributed by atoms with Crippen molar-refractivity contribution in [3.05, 3.63) is 11.6 Å². The number of nitrogens with one attached hydrogen (secondary N) is 1. The summed E-state index contributed by atoms with van der Waals surface area (Å²) in [4.78, 5) is 39.8. The van der Waals surface area contributed by atoms with Crippen molar-refractivity contribution in [2.24, 2.45) is 11.7 Å². The van der Waals surface area contributed by atoms with Gasteiger partial charge in [-0.15, -0.1) is 0 Å². The molecule has 2 saturated heterocycles. The van der Waals surface area contributed by atoms with Crippen LogP contribution in [0, 0.1) is 5.92 Å². The monoisotopic (exact) mass is 471 g/mol. The Balaban J connectivity index is 2.20. The molecule has 3 N–H and O–H groups in total. The van der Waals surface area contributed by atoms with Gasteiger partial charge in [-0.1, -0.05) is 27.6 Å². The summed E-state index contributed by atoms with van der Waals surface area (Å²) in [5, 5.41) is 2.81. The highest BCUT2D eigenvalue weighted by Crippen LogP contribution is 2.40. The van der Waals surface area contributed by atoms with Crippen LogP contribution in [0.1, 0.15) is 66.7 Å². The smallest absolute Gasteiger partial charge is 0.411 e. The number of ether oxygens (including phenoxy) is 1. The minimum absolute atomic E-state index is 0.00806. The molecular formula is C21H34BrN3O4. The van der Waals surface area contributed by atoms with E-state index >= 15 is 0 Å². The molecule has 3 amide bonds. The third-order valence-electron chi connectivity index (χ3n) is 5.74. The van der Waals surface area contributed by atoms with E-state index in [1.807, 2.05) is 40.7 Å². The fourth-order valence-electron chi connectivity index (χ4n) is 4.29. The average Bonchev–Trinajstić information content (AvgIpc) is 2.63. The lowest BCUT2D eigenvalue weighted by Crippen LogP contribution is -2.64. The molecule has 0 spiro atoms. The van der Waals surface area contributed by atoms with Crippen molar-refractivity contribution in [1.29, 1.82) is 0 Å². The predicted octanol–water partition coefficient (Wildman–Crippen LogP) is 3.25. The zero-order valence-electron chi connectivity index (χ0n) is 18.0. The van der Waals surface area contributed by atoms with E-state index in [1.54, 1.807) is 4.90 Å². The van der Waals surface area contributed by atoms with Gasteiger partial charge in [-0.25, -0.2) is 4.79 Å². The molecule has 2 aliphatic heterocycles. The van der Waals surface area contributed by atoms with Gasteiger partial charge in [0, 0.05) is 10.9 Å². The van der Waals surface area contributed by atoms with Crippen LogP contribution in [0.2, 0.25) is 0 Å². The number of piperidine rings is 2. The molecule has 2 bridgehead atoms. The van der Waals surface area contributed by atoms with Gasteiger partial charge < -0.3 is 15.8 Å². The molecule has 7 nitrogen and oxygen atoms in total. The molecule has 3 rings (SSSR count). The summed E-state index contributed by atoms with van der Waals surface area (Å²) in [5.41, 5.74) is 5.90. The molecule has 3 atom stereocenters. The van der Waals surface area contributed by atoms with Gasteiger partial charge in [-0.2, -0.15) is 0 Å². The van der Waals surface area contributed by atoms with Gasteiger partial charge in [0.1, 0.15) is 17.7 Å². The summed E-state index contributed by atoms with van der Waals surface area (Å²) in [5.74, 6) is -0.847. The van der Waals surface area contributed by atoms with E-state index in [1.165, 1.54) is 0 Å². The number of hydrogen-bond acceptors (Lipinski definition) is 4. The van der Waals surface area contributed by atoms with Crippen LogP contribution in [-0.4, -0.2) is 51.4 Å². The second-order valence-corrected chi connectivity index (χ2v) is 10.4. The highest BCUT2D eigenvalue weighted by atomic mass is 79.9. The van der Waals surface area contributed by atoms with Crippen LogP contribution in [0.3, 0.4) is 0 Å². The first-order chi connectivity index (χ1) is 13.4. The zero-order chi connectivity index (χ0) is 21.9. The molecule has 0 aromatic rings. The Hall–Kier alpha value is -1.57. The number of fused-ring (bicyclic) bond motifs is 3. The summed E-state index contributed by atoms with van der Waals surface area (Å²) in [6.45, 7) is 9.28. The lowest BCUT2D eigenvalue weighted by Gasteiger charge is -2.50. The SMILES string of the molecule is C/C=C(/C[C@H](NC(=O)[C@@H]1C2CCC(CC2)N1C(=O)OC(C)(C)C)C(N)=O)[C@@H](C)Br. The molecule has 1 saturated carbocycles. The van der Waals surface area contributed by atoms with E-state index in [9.17, 15) is 14.4 Å². The number of allylic oxidation sites excluding steroid dienone is 1. The number of carbonyl (C=O) groups is 3. The maximum Gasteiger partial charge on any atom is 0.411 e. The van der Waals surface area contributed by atoms with Crippen molar-refractivity contribution in [1.82, 2.24) is 10.2 Å². The maximum atomic E-state index is 13.2. The lowest BCUT2D eigenvalue weighted by molar-refractivity contribution is -0.137. The normalized spacial score (nSPS) is 26.6. The molecule has 0 radical (unpaired) electrons. The molecule has 3 aliphatic rings. The molecule has 1 aliphatic carbocycles. The number of nitrogens with two attached hydrogens (primary N) is 1. The number of nitrogens with zero attached hydrogens (tertiary/aromatic N) is 1. The van der Waals surface area contributed by atoms with E-state index in [4.69, 9.17) is 10.5 Å². The van der Waals surface area contributed by atoms with Crippen LogP contribution >= 0.6 is 15.9 Å². The van der Waals surface area contributed by atoms with Crippen molar-refractivity contribution < 1.29 is 19.1 Å². The van der Waals surface area contributed by atoms with Crippen molar-refractivity contribution >= 4 is 33.8 Å². The van der Waals surface area contributed by atoms with Crippen molar-refractivity contribution in [3.63, 3.8) is 0 Å². The molecular weight excluding hydrogens is 438 g/mol. The summed E-state index contributed by atoms with van der Waals surface area (Å²) in [6, 6.07) is -1.46. The first kappa shape index (κ1) is 23.7. The van der Waals surface area contributed by atoms with E-state index in [2.05, 4.69) is 21.2 Å². The standard InChI is InChI=1S/C21H34BrN3O4/c1-6-13(12(2)22)11-16(18(23)26)24-19(27)17-14-7-9-15(10-8-14)25(17)20(28)29-21(3,4)5/h6,12,14-17H,7-11H2,1-5H3,(H2,23,26)(H,24,27)/b13-6-/t12-,14?,15?,16+,17+/m1/s1. The second kappa shape index (κ2) is 9.49. The Morgan fingerprint density at radius 3 is 2.28 bits per heavy atom. The van der Waals surface area contributed by atoms with Gasteiger partial charge >= 0.3 is 6.09 Å². The van der Waals surface area contributed by atoms with Crippen LogP contribution in [0.25, 0.3) is 0 Å². The largest absolute Gasteiger partial charge is 0.444 e. The van der Waals surface area contributed by atoms with Gasteiger partial charge in [0.15, 0.2) is 0 Å². The highest BCUT2D eigenvalue weighted by Gasteiger charge is 2.49. The van der Waals surface area contributed by atoms with Crippen LogP contribution in [-0.2, 0) is 14.3 Å². The first-order valence-electron chi connectivity index (χ1n) is 10.3. The van der Waals surface area contributed by atoms with E-state index in [-0.39, 0.29) is 22.7 Å².